The highest BCUT2D eigenvalue weighted by Gasteiger charge is 2.42. The quantitative estimate of drug-likeness (QED) is 0.616. The fraction of sp³-hybridized carbons (Fsp3) is 0.238. The van der Waals surface area contributed by atoms with Crippen LogP contribution in [0.25, 0.3) is 0 Å². The normalized spacial score (nSPS) is 20.1. The summed E-state index contributed by atoms with van der Waals surface area (Å²) in [6.45, 7) is 2.71. The number of methoxy groups -OCH3 is 1. The number of ether oxygens (including phenoxy) is 1. The van der Waals surface area contributed by atoms with E-state index in [0.29, 0.717) is 6.61 Å². The summed E-state index contributed by atoms with van der Waals surface area (Å²) in [6, 6.07) is 21.3. The van der Waals surface area contributed by atoms with Crippen LogP contribution in [0.3, 0.4) is 0 Å². The van der Waals surface area contributed by atoms with Crippen LogP contribution < -0.4 is 10.4 Å². The molecule has 2 nitrogen and oxygen atoms in total. The average Bonchev–Trinajstić information content (AvgIpc) is 2.63. The Morgan fingerprint density at radius 2 is 1.62 bits per heavy atom. The Morgan fingerprint density at radius 3 is 2.12 bits per heavy atom. The molecule has 3 heteroatoms. The molecule has 24 heavy (non-hydrogen) atoms. The van der Waals surface area contributed by atoms with Crippen LogP contribution in [-0.4, -0.2) is 28.1 Å². The van der Waals surface area contributed by atoms with Gasteiger partial charge >= 0.3 is 0 Å². The lowest BCUT2D eigenvalue weighted by Gasteiger charge is -2.38. The van der Waals surface area contributed by atoms with E-state index in [2.05, 4.69) is 78.5 Å². The van der Waals surface area contributed by atoms with Gasteiger partial charge in [-0.15, -0.1) is 0 Å². The summed E-state index contributed by atoms with van der Waals surface area (Å²) in [5.41, 5.74) is 3.70. The summed E-state index contributed by atoms with van der Waals surface area (Å²) in [4.78, 5) is 0. The fourth-order valence-corrected chi connectivity index (χ4v) is 7.17. The molecule has 0 fully saturated rings. The van der Waals surface area contributed by atoms with Crippen molar-refractivity contribution in [1.29, 1.82) is 0 Å². The SMILES string of the molecule is C/C=C\C1CC(COC)=C[Si](c2ccccc2)(c2ccccc2)O1. The first kappa shape index (κ1) is 16.9. The van der Waals surface area contributed by atoms with Crippen LogP contribution in [0.5, 0.6) is 0 Å². The molecule has 0 radical (unpaired) electrons. The molecule has 2 aromatic rings. The van der Waals surface area contributed by atoms with Crippen molar-refractivity contribution in [3.8, 4) is 0 Å². The van der Waals surface area contributed by atoms with Gasteiger partial charge in [-0.2, -0.15) is 0 Å². The number of hydrogen-bond donors (Lipinski definition) is 0. The summed E-state index contributed by atoms with van der Waals surface area (Å²) in [5.74, 6) is 0. The first-order chi connectivity index (χ1) is 11.8. The molecule has 0 saturated carbocycles. The zero-order valence-corrected chi connectivity index (χ0v) is 15.3. The third kappa shape index (κ3) is 3.43. The van der Waals surface area contributed by atoms with Crippen molar-refractivity contribution in [1.82, 2.24) is 0 Å². The Kier molecular flexibility index (Phi) is 5.46. The Bertz CT molecular complexity index is 668. The Morgan fingerprint density at radius 1 is 1.04 bits per heavy atom. The summed E-state index contributed by atoms with van der Waals surface area (Å²) in [7, 11) is -0.670. The van der Waals surface area contributed by atoms with Gasteiger partial charge in [-0.05, 0) is 29.3 Å². The molecule has 0 spiro atoms. The van der Waals surface area contributed by atoms with E-state index in [4.69, 9.17) is 9.16 Å². The van der Waals surface area contributed by atoms with Crippen molar-refractivity contribution in [3.05, 3.63) is 84.1 Å². The number of allylic oxidation sites excluding steroid dienone is 1. The summed E-state index contributed by atoms with van der Waals surface area (Å²) in [5, 5.41) is 2.55. The highest BCUT2D eigenvalue weighted by molar-refractivity contribution is 7.01. The van der Waals surface area contributed by atoms with Gasteiger partial charge in [-0.3, -0.25) is 0 Å². The van der Waals surface area contributed by atoms with Crippen molar-refractivity contribution in [2.75, 3.05) is 13.7 Å². The monoisotopic (exact) mass is 336 g/mol. The van der Waals surface area contributed by atoms with Gasteiger partial charge in [0.15, 0.2) is 0 Å². The van der Waals surface area contributed by atoms with Gasteiger partial charge in [0.25, 0.3) is 8.32 Å². The molecule has 3 rings (SSSR count). The number of hydrogen-bond acceptors (Lipinski definition) is 2. The first-order valence-corrected chi connectivity index (χ1v) is 10.4. The largest absolute Gasteiger partial charge is 0.398 e. The van der Waals surface area contributed by atoms with Gasteiger partial charge in [0.05, 0.1) is 12.7 Å². The van der Waals surface area contributed by atoms with Crippen LogP contribution in [0.1, 0.15) is 13.3 Å². The molecule has 0 N–H and O–H groups in total. The topological polar surface area (TPSA) is 18.5 Å². The van der Waals surface area contributed by atoms with E-state index in [-0.39, 0.29) is 6.10 Å². The van der Waals surface area contributed by atoms with Gasteiger partial charge in [0, 0.05) is 7.11 Å². The summed E-state index contributed by atoms with van der Waals surface area (Å²) in [6.07, 6.45) is 5.23. The lowest BCUT2D eigenvalue weighted by atomic mass is 10.1. The maximum atomic E-state index is 6.78. The third-order valence-electron chi connectivity index (χ3n) is 4.35. The Hall–Kier alpha value is -1.94. The zero-order chi connectivity index (χ0) is 16.8. The molecule has 124 valence electrons. The minimum absolute atomic E-state index is 0.0947. The van der Waals surface area contributed by atoms with E-state index in [1.165, 1.54) is 15.9 Å². The van der Waals surface area contributed by atoms with Crippen molar-refractivity contribution in [2.45, 2.75) is 19.4 Å². The summed E-state index contributed by atoms with van der Waals surface area (Å²) >= 11 is 0. The molecule has 1 heterocycles. The highest BCUT2D eigenvalue weighted by atomic mass is 28.4. The van der Waals surface area contributed by atoms with Gasteiger partial charge in [0.1, 0.15) is 0 Å². The smallest absolute Gasteiger partial charge is 0.281 e. The molecule has 0 aromatic heterocycles. The van der Waals surface area contributed by atoms with E-state index in [1.807, 2.05) is 6.92 Å². The van der Waals surface area contributed by atoms with Crippen LogP contribution in [0.2, 0.25) is 0 Å². The highest BCUT2D eigenvalue weighted by Crippen LogP contribution is 2.25. The molecule has 1 aliphatic rings. The first-order valence-electron chi connectivity index (χ1n) is 8.39. The van der Waals surface area contributed by atoms with Crippen molar-refractivity contribution in [2.24, 2.45) is 0 Å². The molecule has 1 aliphatic heterocycles. The Labute approximate surface area is 145 Å². The van der Waals surface area contributed by atoms with Gasteiger partial charge in [0.2, 0.25) is 0 Å². The van der Waals surface area contributed by atoms with Crippen LogP contribution >= 0.6 is 0 Å². The van der Waals surface area contributed by atoms with Gasteiger partial charge in [-0.1, -0.05) is 78.5 Å². The predicted octanol–water partition coefficient (Wildman–Crippen LogP) is 3.22. The second-order valence-corrected chi connectivity index (χ2v) is 9.24. The van der Waals surface area contributed by atoms with Crippen LogP contribution in [0.15, 0.2) is 84.1 Å². The second-order valence-electron chi connectivity index (χ2n) is 6.09. The minimum Gasteiger partial charge on any atom is -0.398 e. The summed E-state index contributed by atoms with van der Waals surface area (Å²) < 4.78 is 12.2. The molecule has 0 amide bonds. The standard InChI is InChI=1S/C21H24O2Si/c1-3-10-19-15-18(16-22-2)17-24(23-19,20-11-6-4-7-12-20)21-13-8-5-9-14-21/h3-14,17,19H,15-16H2,1-2H3/b10-3-. The molecule has 0 aliphatic carbocycles. The van der Waals surface area contributed by atoms with E-state index < -0.39 is 8.32 Å². The fourth-order valence-electron chi connectivity index (χ4n) is 3.37. The molecule has 0 saturated heterocycles. The van der Waals surface area contributed by atoms with Crippen LogP contribution in [0, 0.1) is 0 Å². The van der Waals surface area contributed by atoms with Crippen molar-refractivity contribution < 1.29 is 9.16 Å². The van der Waals surface area contributed by atoms with E-state index >= 15 is 0 Å². The number of rotatable bonds is 5. The maximum absolute atomic E-state index is 6.78. The zero-order valence-electron chi connectivity index (χ0n) is 14.3. The van der Waals surface area contributed by atoms with Gasteiger partial charge in [-0.25, -0.2) is 0 Å². The molecular weight excluding hydrogens is 312 g/mol. The van der Waals surface area contributed by atoms with E-state index in [0.717, 1.165) is 6.42 Å². The van der Waals surface area contributed by atoms with Crippen LogP contribution in [-0.2, 0) is 9.16 Å². The lowest BCUT2D eigenvalue weighted by Crippen LogP contribution is -2.62. The van der Waals surface area contributed by atoms with Crippen molar-refractivity contribution in [3.63, 3.8) is 0 Å². The minimum atomic E-state index is -2.43. The van der Waals surface area contributed by atoms with E-state index in [1.54, 1.807) is 7.11 Å². The molecule has 0 bridgehead atoms. The average molecular weight is 337 g/mol. The third-order valence-corrected chi connectivity index (χ3v) is 8.22. The Balaban J connectivity index is 2.18. The van der Waals surface area contributed by atoms with Crippen molar-refractivity contribution >= 4 is 18.7 Å². The second kappa shape index (κ2) is 7.75. The molecule has 1 unspecified atom stereocenters. The maximum Gasteiger partial charge on any atom is 0.281 e. The van der Waals surface area contributed by atoms with Gasteiger partial charge < -0.3 is 9.16 Å². The molecule has 1 atom stereocenters. The predicted molar refractivity (Wildman–Crippen MR) is 102 cm³/mol. The number of benzene rings is 2. The lowest BCUT2D eigenvalue weighted by molar-refractivity contribution is 0.199. The molecule has 2 aromatic carbocycles. The van der Waals surface area contributed by atoms with E-state index in [9.17, 15) is 0 Å². The van der Waals surface area contributed by atoms with Crippen LogP contribution in [0.4, 0.5) is 0 Å². The molecular formula is C21H24O2Si.